The number of ether oxygens (including phenoxy) is 1. The van der Waals surface area contributed by atoms with Crippen molar-refractivity contribution in [2.24, 2.45) is 0 Å². The summed E-state index contributed by atoms with van der Waals surface area (Å²) in [5.74, 6) is 0.887. The van der Waals surface area contributed by atoms with E-state index in [0.717, 1.165) is 16.2 Å². The van der Waals surface area contributed by atoms with Gasteiger partial charge in [0.25, 0.3) is 0 Å². The van der Waals surface area contributed by atoms with Gasteiger partial charge in [-0.2, -0.15) is 0 Å². The summed E-state index contributed by atoms with van der Waals surface area (Å²) in [7, 11) is 0. The maximum absolute atomic E-state index is 12.4. The van der Waals surface area contributed by atoms with Crippen molar-refractivity contribution in [3.05, 3.63) is 54.6 Å². The summed E-state index contributed by atoms with van der Waals surface area (Å²) in [6.07, 6.45) is 1.93. The molecule has 1 aliphatic heterocycles. The van der Waals surface area contributed by atoms with E-state index in [-0.39, 0.29) is 5.97 Å². The Morgan fingerprint density at radius 1 is 1.27 bits per heavy atom. The van der Waals surface area contributed by atoms with Crippen molar-refractivity contribution >= 4 is 46.7 Å². The van der Waals surface area contributed by atoms with Crippen LogP contribution < -0.4 is 4.74 Å². The van der Waals surface area contributed by atoms with E-state index in [1.54, 1.807) is 23.5 Å². The highest BCUT2D eigenvalue weighted by Crippen LogP contribution is 2.40. The van der Waals surface area contributed by atoms with Crippen molar-refractivity contribution in [1.29, 1.82) is 0 Å². The predicted octanol–water partition coefficient (Wildman–Crippen LogP) is 5.52. The number of hydrogen-bond acceptors (Lipinski definition) is 4. The first kappa shape index (κ1) is 15.7. The highest BCUT2D eigenvalue weighted by atomic mass is 35.5. The molecule has 0 aliphatic carbocycles. The molecule has 22 heavy (non-hydrogen) atoms. The van der Waals surface area contributed by atoms with E-state index in [0.29, 0.717) is 15.7 Å². The number of esters is 1. The third-order valence-electron chi connectivity index (χ3n) is 3.67. The zero-order valence-electron chi connectivity index (χ0n) is 12.5. The van der Waals surface area contributed by atoms with Gasteiger partial charge in [-0.15, -0.1) is 23.1 Å². The second-order valence-electron chi connectivity index (χ2n) is 5.25. The first-order valence-electron chi connectivity index (χ1n) is 6.87. The van der Waals surface area contributed by atoms with Gasteiger partial charge in [0.1, 0.15) is 5.75 Å². The molecule has 0 amide bonds. The van der Waals surface area contributed by atoms with Crippen molar-refractivity contribution in [2.45, 2.75) is 26.5 Å². The van der Waals surface area contributed by atoms with E-state index in [9.17, 15) is 4.79 Å². The van der Waals surface area contributed by atoms with Crippen LogP contribution in [0.4, 0.5) is 0 Å². The van der Waals surface area contributed by atoms with Gasteiger partial charge in [0, 0.05) is 15.5 Å². The average Bonchev–Trinajstić information content (AvgIpc) is 2.77. The van der Waals surface area contributed by atoms with Gasteiger partial charge < -0.3 is 4.74 Å². The topological polar surface area (TPSA) is 26.3 Å². The van der Waals surface area contributed by atoms with E-state index >= 15 is 0 Å². The maximum Gasteiger partial charge on any atom is 0.350 e. The molecule has 1 aromatic heterocycles. The second kappa shape index (κ2) is 6.11. The summed E-state index contributed by atoms with van der Waals surface area (Å²) in [6.45, 7) is 6.18. The van der Waals surface area contributed by atoms with Gasteiger partial charge in [-0.25, -0.2) is 4.79 Å². The summed E-state index contributed by atoms with van der Waals surface area (Å²) in [6, 6.07) is 5.41. The fourth-order valence-corrected chi connectivity index (χ4v) is 4.75. The third kappa shape index (κ3) is 2.96. The Labute approximate surface area is 143 Å². The van der Waals surface area contributed by atoms with Gasteiger partial charge in [-0.05, 0) is 55.7 Å². The molecule has 0 fully saturated rings. The number of fused-ring (bicyclic) bond motifs is 1. The molecule has 114 valence electrons. The highest BCUT2D eigenvalue weighted by Gasteiger charge is 2.22. The Kier molecular flexibility index (Phi) is 4.35. The van der Waals surface area contributed by atoms with E-state index in [2.05, 4.69) is 13.8 Å². The molecule has 3 rings (SSSR count). The summed E-state index contributed by atoms with van der Waals surface area (Å²) in [5.41, 5.74) is 3.67. The van der Waals surface area contributed by atoms with Gasteiger partial charge in [0.15, 0.2) is 0 Å². The van der Waals surface area contributed by atoms with E-state index in [1.807, 2.05) is 19.1 Å². The number of thioether (sulfide) groups is 1. The van der Waals surface area contributed by atoms with Crippen LogP contribution in [-0.2, 0) is 10.5 Å². The molecular formula is C17H15ClO2S2. The number of thiophene rings is 1. The average molecular weight is 351 g/mol. The molecule has 0 atom stereocenters. The fraction of sp³-hybridized carbons (Fsp3) is 0.235. The third-order valence-corrected chi connectivity index (χ3v) is 6.20. The normalized spacial score (nSPS) is 13.5. The standard InChI is InChI=1S/C17H15ClO2S2/c1-9-4-5-13(18)14(6-9)20-17(19)16-7-15-12(8-21-16)10(2)11(3)22-15/h4-7H,8H2,1-3H3. The maximum atomic E-state index is 12.4. The molecular weight excluding hydrogens is 336 g/mol. The lowest BCUT2D eigenvalue weighted by atomic mass is 10.1. The number of carbonyl (C=O) groups is 1. The van der Waals surface area contributed by atoms with Gasteiger partial charge in [-0.1, -0.05) is 17.7 Å². The molecule has 0 N–H and O–H groups in total. The van der Waals surface area contributed by atoms with Gasteiger partial charge in [0.2, 0.25) is 0 Å². The fourth-order valence-electron chi connectivity index (χ4n) is 2.26. The zero-order chi connectivity index (χ0) is 15.9. The Morgan fingerprint density at radius 3 is 2.82 bits per heavy atom. The van der Waals surface area contributed by atoms with Crippen LogP contribution in [0.1, 0.15) is 26.4 Å². The monoisotopic (exact) mass is 350 g/mol. The number of hydrogen-bond donors (Lipinski definition) is 0. The first-order chi connectivity index (χ1) is 10.5. The van der Waals surface area contributed by atoms with Crippen LogP contribution in [0.15, 0.2) is 23.1 Å². The minimum absolute atomic E-state index is 0.341. The Bertz CT molecular complexity index is 790. The molecule has 2 heterocycles. The summed E-state index contributed by atoms with van der Waals surface area (Å²) < 4.78 is 5.46. The van der Waals surface area contributed by atoms with Crippen LogP contribution >= 0.6 is 34.7 Å². The molecule has 0 spiro atoms. The van der Waals surface area contributed by atoms with Crippen LogP contribution in [-0.4, -0.2) is 5.97 Å². The Morgan fingerprint density at radius 2 is 2.05 bits per heavy atom. The summed E-state index contributed by atoms with van der Waals surface area (Å²) in [4.78, 5) is 15.5. The lowest BCUT2D eigenvalue weighted by Crippen LogP contribution is -2.11. The van der Waals surface area contributed by atoms with Crippen LogP contribution in [0.25, 0.3) is 6.08 Å². The van der Waals surface area contributed by atoms with Crippen LogP contribution in [0.5, 0.6) is 5.75 Å². The van der Waals surface area contributed by atoms with Crippen molar-refractivity contribution in [3.63, 3.8) is 0 Å². The zero-order valence-corrected chi connectivity index (χ0v) is 14.9. The van der Waals surface area contributed by atoms with Gasteiger partial charge in [-0.3, -0.25) is 0 Å². The van der Waals surface area contributed by atoms with Crippen molar-refractivity contribution in [2.75, 3.05) is 0 Å². The van der Waals surface area contributed by atoms with E-state index in [4.69, 9.17) is 16.3 Å². The quantitative estimate of drug-likeness (QED) is 0.527. The lowest BCUT2D eigenvalue weighted by Gasteiger charge is -2.13. The van der Waals surface area contributed by atoms with Gasteiger partial charge in [0.05, 0.1) is 9.93 Å². The SMILES string of the molecule is Cc1ccc(Cl)c(OC(=O)C2=Cc3sc(C)c(C)c3CS2)c1. The largest absolute Gasteiger partial charge is 0.421 e. The van der Waals surface area contributed by atoms with Crippen molar-refractivity contribution in [3.8, 4) is 5.75 Å². The molecule has 0 saturated carbocycles. The Balaban J connectivity index is 1.85. The minimum atomic E-state index is -0.341. The second-order valence-corrected chi connectivity index (χ2v) is 7.93. The molecule has 0 unspecified atom stereocenters. The molecule has 1 aliphatic rings. The molecule has 0 bridgehead atoms. The van der Waals surface area contributed by atoms with E-state index < -0.39 is 0 Å². The summed E-state index contributed by atoms with van der Waals surface area (Å²) >= 11 is 9.33. The molecule has 2 nitrogen and oxygen atoms in total. The molecule has 1 aromatic carbocycles. The molecule has 0 saturated heterocycles. The molecule has 0 radical (unpaired) electrons. The summed E-state index contributed by atoms with van der Waals surface area (Å²) in [5, 5.41) is 0.448. The van der Waals surface area contributed by atoms with Crippen LogP contribution in [0.2, 0.25) is 5.02 Å². The number of aryl methyl sites for hydroxylation is 2. The minimum Gasteiger partial charge on any atom is -0.421 e. The van der Waals surface area contributed by atoms with Crippen molar-refractivity contribution in [1.82, 2.24) is 0 Å². The predicted molar refractivity (Wildman–Crippen MR) is 94.9 cm³/mol. The lowest BCUT2D eigenvalue weighted by molar-refractivity contribution is -0.129. The smallest absolute Gasteiger partial charge is 0.350 e. The number of rotatable bonds is 2. The van der Waals surface area contributed by atoms with Gasteiger partial charge >= 0.3 is 5.97 Å². The Hall–Kier alpha value is -1.23. The van der Waals surface area contributed by atoms with Crippen LogP contribution in [0, 0.1) is 20.8 Å². The highest BCUT2D eigenvalue weighted by molar-refractivity contribution is 8.03. The number of carbonyl (C=O) groups excluding carboxylic acids is 1. The molecule has 5 heteroatoms. The van der Waals surface area contributed by atoms with Crippen LogP contribution in [0.3, 0.4) is 0 Å². The number of halogens is 1. The van der Waals surface area contributed by atoms with Crippen molar-refractivity contribution < 1.29 is 9.53 Å². The first-order valence-corrected chi connectivity index (χ1v) is 9.05. The number of benzene rings is 1. The molecule has 2 aromatic rings. The van der Waals surface area contributed by atoms with E-state index in [1.165, 1.54) is 27.8 Å².